The van der Waals surface area contributed by atoms with Gasteiger partial charge in [0.15, 0.2) is 5.78 Å². The average Bonchev–Trinajstić information content (AvgIpc) is 2.79. The number of hydrogen-bond donors (Lipinski definition) is 0. The van der Waals surface area contributed by atoms with Crippen molar-refractivity contribution in [2.24, 2.45) is 5.92 Å². The topological polar surface area (TPSA) is 63.2 Å². The fourth-order valence-electron chi connectivity index (χ4n) is 3.83. The molecule has 0 saturated carbocycles. The van der Waals surface area contributed by atoms with Crippen molar-refractivity contribution in [3.8, 4) is 11.3 Å². The predicted octanol–water partition coefficient (Wildman–Crippen LogP) is 4.19. The largest absolute Gasteiger partial charge is 0.338 e. The summed E-state index contributed by atoms with van der Waals surface area (Å²) in [5, 5.41) is 0. The molecule has 0 spiro atoms. The molecular formula is C24H23N3O2. The summed E-state index contributed by atoms with van der Waals surface area (Å²) in [6, 6.07) is 19.0. The number of carbonyl (C=O) groups excluding carboxylic acids is 2. The van der Waals surface area contributed by atoms with E-state index in [-0.39, 0.29) is 17.6 Å². The van der Waals surface area contributed by atoms with Crippen LogP contribution in [0.3, 0.4) is 0 Å². The quantitative estimate of drug-likeness (QED) is 0.632. The van der Waals surface area contributed by atoms with Crippen molar-refractivity contribution >= 4 is 11.7 Å². The highest BCUT2D eigenvalue weighted by Crippen LogP contribution is 2.26. The molecule has 29 heavy (non-hydrogen) atoms. The van der Waals surface area contributed by atoms with Crippen LogP contribution in [0.1, 0.15) is 39.4 Å². The summed E-state index contributed by atoms with van der Waals surface area (Å²) in [7, 11) is 0. The van der Waals surface area contributed by atoms with Gasteiger partial charge in [-0.3, -0.25) is 9.59 Å². The molecule has 2 heterocycles. The molecule has 1 amide bonds. The molecule has 0 N–H and O–H groups in total. The minimum Gasteiger partial charge on any atom is -0.338 e. The molecule has 0 radical (unpaired) electrons. The van der Waals surface area contributed by atoms with Crippen molar-refractivity contribution in [3.63, 3.8) is 0 Å². The maximum absolute atomic E-state index is 13.3. The number of ketones is 1. The molecule has 5 nitrogen and oxygen atoms in total. The first-order chi connectivity index (χ1) is 14.1. The van der Waals surface area contributed by atoms with Gasteiger partial charge in [0.25, 0.3) is 5.91 Å². The van der Waals surface area contributed by atoms with Crippen LogP contribution in [0.5, 0.6) is 0 Å². The standard InChI is InChI=1S/C24H23N3O2/c1-17-25-15-21(22(26-17)18-9-4-2-5-10-18)24(29)27-14-8-13-20(16-27)23(28)19-11-6-3-7-12-19/h2-7,9-12,15,20H,8,13-14,16H2,1H3/t20-/m0/s1. The third kappa shape index (κ3) is 4.09. The summed E-state index contributed by atoms with van der Waals surface area (Å²) < 4.78 is 0. The lowest BCUT2D eigenvalue weighted by Crippen LogP contribution is -2.42. The molecule has 2 aromatic carbocycles. The molecule has 1 aliphatic rings. The van der Waals surface area contributed by atoms with Crippen molar-refractivity contribution in [3.05, 3.63) is 83.8 Å². The second-order valence-electron chi connectivity index (χ2n) is 7.37. The molecule has 3 aromatic rings. The second-order valence-corrected chi connectivity index (χ2v) is 7.37. The smallest absolute Gasteiger partial charge is 0.257 e. The number of benzene rings is 2. The summed E-state index contributed by atoms with van der Waals surface area (Å²) >= 11 is 0. The van der Waals surface area contributed by atoms with Gasteiger partial charge in [0.05, 0.1) is 11.3 Å². The predicted molar refractivity (Wildman–Crippen MR) is 112 cm³/mol. The zero-order valence-corrected chi connectivity index (χ0v) is 16.4. The van der Waals surface area contributed by atoms with E-state index in [4.69, 9.17) is 0 Å². The molecule has 4 rings (SSSR count). The number of aryl methyl sites for hydroxylation is 1. The van der Waals surface area contributed by atoms with Gasteiger partial charge in [0, 0.05) is 36.3 Å². The zero-order chi connectivity index (χ0) is 20.2. The van der Waals surface area contributed by atoms with Crippen LogP contribution in [0.15, 0.2) is 66.9 Å². The van der Waals surface area contributed by atoms with Crippen LogP contribution in [-0.2, 0) is 0 Å². The Hall–Kier alpha value is -3.34. The van der Waals surface area contributed by atoms with Crippen LogP contribution in [0.2, 0.25) is 0 Å². The highest BCUT2D eigenvalue weighted by Gasteiger charge is 2.30. The van der Waals surface area contributed by atoms with Crippen molar-refractivity contribution < 1.29 is 9.59 Å². The highest BCUT2D eigenvalue weighted by atomic mass is 16.2. The van der Waals surface area contributed by atoms with E-state index in [0.29, 0.717) is 35.7 Å². The maximum atomic E-state index is 13.3. The van der Waals surface area contributed by atoms with Crippen LogP contribution in [0.25, 0.3) is 11.3 Å². The number of nitrogens with zero attached hydrogens (tertiary/aromatic N) is 3. The molecule has 0 unspecified atom stereocenters. The minimum atomic E-state index is -0.179. The Kier molecular flexibility index (Phi) is 5.47. The third-order valence-corrected chi connectivity index (χ3v) is 5.32. The van der Waals surface area contributed by atoms with Gasteiger partial charge in [0.1, 0.15) is 5.82 Å². The molecule has 1 aliphatic heterocycles. The van der Waals surface area contributed by atoms with E-state index in [1.807, 2.05) is 67.6 Å². The van der Waals surface area contributed by atoms with E-state index in [1.165, 1.54) is 0 Å². The second kappa shape index (κ2) is 8.35. The first-order valence-corrected chi connectivity index (χ1v) is 9.91. The summed E-state index contributed by atoms with van der Waals surface area (Å²) in [6.07, 6.45) is 3.21. The van der Waals surface area contributed by atoms with E-state index in [9.17, 15) is 9.59 Å². The highest BCUT2D eigenvalue weighted by molar-refractivity contribution is 6.01. The average molecular weight is 385 g/mol. The van der Waals surface area contributed by atoms with Crippen LogP contribution in [0, 0.1) is 12.8 Å². The molecule has 1 fully saturated rings. The first kappa shape index (κ1) is 19.0. The van der Waals surface area contributed by atoms with E-state index in [1.54, 1.807) is 11.1 Å². The maximum Gasteiger partial charge on any atom is 0.257 e. The van der Waals surface area contributed by atoms with Gasteiger partial charge in [-0.25, -0.2) is 9.97 Å². The fraction of sp³-hybridized carbons (Fsp3) is 0.250. The number of Topliss-reactive ketones (excluding diaryl/α,β-unsaturated/α-hetero) is 1. The summed E-state index contributed by atoms with van der Waals surface area (Å²) in [6.45, 7) is 2.88. The lowest BCUT2D eigenvalue weighted by Gasteiger charge is -2.32. The Bertz CT molecular complexity index is 1020. The van der Waals surface area contributed by atoms with Crippen molar-refractivity contribution in [2.45, 2.75) is 19.8 Å². The van der Waals surface area contributed by atoms with E-state index < -0.39 is 0 Å². The molecule has 1 saturated heterocycles. The molecule has 1 atom stereocenters. The summed E-state index contributed by atoms with van der Waals surface area (Å²) in [5.74, 6) is 0.429. The SMILES string of the molecule is Cc1ncc(C(=O)N2CCC[C@H](C(=O)c3ccccc3)C2)c(-c2ccccc2)n1. The molecular weight excluding hydrogens is 362 g/mol. The Balaban J connectivity index is 1.59. The monoisotopic (exact) mass is 385 g/mol. The number of aromatic nitrogens is 2. The normalized spacial score (nSPS) is 16.4. The molecule has 1 aromatic heterocycles. The van der Waals surface area contributed by atoms with E-state index in [0.717, 1.165) is 18.4 Å². The van der Waals surface area contributed by atoms with E-state index >= 15 is 0 Å². The zero-order valence-electron chi connectivity index (χ0n) is 16.4. The van der Waals surface area contributed by atoms with Gasteiger partial charge >= 0.3 is 0 Å². The lowest BCUT2D eigenvalue weighted by atomic mass is 9.89. The molecule has 0 aliphatic carbocycles. The Morgan fingerprint density at radius 3 is 2.41 bits per heavy atom. The Morgan fingerprint density at radius 1 is 1.00 bits per heavy atom. The van der Waals surface area contributed by atoms with Gasteiger partial charge in [0.2, 0.25) is 0 Å². The van der Waals surface area contributed by atoms with Crippen molar-refractivity contribution in [1.29, 1.82) is 0 Å². The number of piperidine rings is 1. The first-order valence-electron chi connectivity index (χ1n) is 9.91. The third-order valence-electron chi connectivity index (χ3n) is 5.32. The number of carbonyl (C=O) groups is 2. The number of amides is 1. The van der Waals surface area contributed by atoms with Gasteiger partial charge in [-0.15, -0.1) is 0 Å². The van der Waals surface area contributed by atoms with Crippen molar-refractivity contribution in [2.75, 3.05) is 13.1 Å². The van der Waals surface area contributed by atoms with Crippen LogP contribution >= 0.6 is 0 Å². The molecule has 0 bridgehead atoms. The van der Waals surface area contributed by atoms with Crippen LogP contribution < -0.4 is 0 Å². The lowest BCUT2D eigenvalue weighted by molar-refractivity contribution is 0.0637. The van der Waals surface area contributed by atoms with E-state index in [2.05, 4.69) is 9.97 Å². The minimum absolute atomic E-state index is 0.103. The Morgan fingerprint density at radius 2 is 1.69 bits per heavy atom. The number of rotatable bonds is 4. The van der Waals surface area contributed by atoms with Gasteiger partial charge in [-0.2, -0.15) is 0 Å². The van der Waals surface area contributed by atoms with Crippen LogP contribution in [0.4, 0.5) is 0 Å². The number of likely N-dealkylation sites (tertiary alicyclic amines) is 1. The summed E-state index contributed by atoms with van der Waals surface area (Å²) in [5.41, 5.74) is 2.71. The summed E-state index contributed by atoms with van der Waals surface area (Å²) in [4.78, 5) is 36.8. The van der Waals surface area contributed by atoms with Crippen LogP contribution in [-0.4, -0.2) is 39.6 Å². The number of hydrogen-bond acceptors (Lipinski definition) is 4. The van der Waals surface area contributed by atoms with Crippen molar-refractivity contribution in [1.82, 2.24) is 14.9 Å². The molecule has 5 heteroatoms. The fourth-order valence-corrected chi connectivity index (χ4v) is 3.83. The molecule has 146 valence electrons. The van der Waals surface area contributed by atoms with Gasteiger partial charge in [-0.05, 0) is 19.8 Å². The van der Waals surface area contributed by atoms with Gasteiger partial charge in [-0.1, -0.05) is 60.7 Å². The Labute approximate surface area is 170 Å². The van der Waals surface area contributed by atoms with Gasteiger partial charge < -0.3 is 4.90 Å².